The smallest absolute Gasteiger partial charge is 0.304 e. The molecule has 1 rings (SSSR count). The van der Waals surface area contributed by atoms with E-state index in [0.29, 0.717) is 6.42 Å². The zero-order valence-corrected chi connectivity index (χ0v) is 6.27. The minimum Gasteiger partial charge on any atom is -0.389 e. The van der Waals surface area contributed by atoms with Gasteiger partial charge in [-0.15, -0.1) is 0 Å². The van der Waals surface area contributed by atoms with Crippen molar-refractivity contribution >= 4 is 15.2 Å². The summed E-state index contributed by atoms with van der Waals surface area (Å²) < 4.78 is -1.72. The normalized spacial score (nSPS) is 33.4. The summed E-state index contributed by atoms with van der Waals surface area (Å²) >= 11 is -0.390. The van der Waals surface area contributed by atoms with Crippen molar-refractivity contribution in [1.82, 2.24) is 0 Å². The summed E-state index contributed by atoms with van der Waals surface area (Å²) in [5, 5.41) is 27.8. The van der Waals surface area contributed by atoms with Gasteiger partial charge in [-0.25, -0.2) is 0 Å². The van der Waals surface area contributed by atoms with Gasteiger partial charge in [-0.1, -0.05) is 11.7 Å². The van der Waals surface area contributed by atoms with Crippen molar-refractivity contribution in [3.63, 3.8) is 0 Å². The van der Waals surface area contributed by atoms with Gasteiger partial charge in [0.15, 0.2) is 0 Å². The summed E-state index contributed by atoms with van der Waals surface area (Å²) in [5.41, 5.74) is 0. The van der Waals surface area contributed by atoms with Gasteiger partial charge >= 0.3 is 15.2 Å². The second-order valence-electron chi connectivity index (χ2n) is 2.43. The van der Waals surface area contributed by atoms with E-state index in [-0.39, 0.29) is 0 Å². The fourth-order valence-electron chi connectivity index (χ4n) is 0.974. The van der Waals surface area contributed by atoms with Crippen molar-refractivity contribution in [2.45, 2.75) is 28.9 Å². The molecule has 0 spiro atoms. The summed E-state index contributed by atoms with van der Waals surface area (Å²) in [5.74, 6) is 0. The predicted molar refractivity (Wildman–Crippen MR) is 33.0 cm³/mol. The maximum Gasteiger partial charge on any atom is 0.304 e. The van der Waals surface area contributed by atoms with Gasteiger partial charge in [0.2, 0.25) is 0 Å². The summed E-state index contributed by atoms with van der Waals surface area (Å²) in [6.45, 7) is 0. The van der Waals surface area contributed by atoms with E-state index in [1.165, 1.54) is 0 Å². The first kappa shape index (κ1) is 7.52. The maximum absolute atomic E-state index is 8.99. The molecule has 0 aromatic rings. The zero-order chi connectivity index (χ0) is 6.91. The van der Waals surface area contributed by atoms with Crippen LogP contribution in [0.25, 0.3) is 0 Å². The van der Waals surface area contributed by atoms with E-state index >= 15 is 0 Å². The molecule has 3 N–H and O–H groups in total. The second-order valence-corrected chi connectivity index (χ2v) is 4.27. The van der Waals surface area contributed by atoms with E-state index in [2.05, 4.69) is 0 Å². The first-order valence-electron chi connectivity index (χ1n) is 3.10. The lowest BCUT2D eigenvalue weighted by atomic mass is 10.2. The summed E-state index contributed by atoms with van der Waals surface area (Å²) in [4.78, 5) is 0. The predicted octanol–water partition coefficient (Wildman–Crippen LogP) is -1.10. The van der Waals surface area contributed by atoms with Crippen LogP contribution in [-0.2, 0) is 0 Å². The molecule has 1 heterocycles. The number of hydrogen-bond acceptors (Lipinski definition) is 3. The summed E-state index contributed by atoms with van der Waals surface area (Å²) in [6.07, 6.45) is 0.556. The molecule has 0 aliphatic carbocycles. The minimum absolute atomic E-state index is 0.390. The van der Waals surface area contributed by atoms with Crippen LogP contribution >= 0.6 is 0 Å². The molecule has 1 atom stereocenters. The first-order chi connectivity index (χ1) is 4.13. The highest BCUT2D eigenvalue weighted by Gasteiger charge is 2.35. The maximum atomic E-state index is 8.99. The van der Waals surface area contributed by atoms with Gasteiger partial charge in [-0.2, -0.15) is 0 Å². The topological polar surface area (TPSA) is 60.7 Å². The first-order valence-corrected chi connectivity index (χ1v) is 4.49. The Morgan fingerprint density at radius 1 is 1.44 bits per heavy atom. The molecule has 1 aliphatic rings. The molecule has 51 valence electrons. The molecule has 0 amide bonds. The third-order valence-electron chi connectivity index (χ3n) is 1.62. The van der Waals surface area contributed by atoms with Crippen LogP contribution in [0, 0.1) is 0 Å². The van der Waals surface area contributed by atoms with Gasteiger partial charge in [0.05, 0.1) is 6.10 Å². The van der Waals surface area contributed by atoms with Crippen LogP contribution in [0.15, 0.2) is 0 Å². The highest BCUT2D eigenvalue weighted by atomic mass is 27.1. The Morgan fingerprint density at radius 2 is 2.11 bits per heavy atom. The quantitative estimate of drug-likeness (QED) is 0.299. The van der Waals surface area contributed by atoms with E-state index in [1.807, 2.05) is 0 Å². The van der Waals surface area contributed by atoms with Crippen LogP contribution in [0.1, 0.15) is 12.8 Å². The van der Waals surface area contributed by atoms with E-state index in [4.69, 9.17) is 15.3 Å². The Balaban J connectivity index is 2.49. The Labute approximate surface area is 60.0 Å². The van der Waals surface area contributed by atoms with Crippen LogP contribution in [0.5, 0.6) is 0 Å². The molecule has 3 nitrogen and oxygen atoms in total. The van der Waals surface area contributed by atoms with Crippen LogP contribution < -0.4 is 0 Å². The Morgan fingerprint density at radius 3 is 2.44 bits per heavy atom. The third-order valence-corrected chi connectivity index (χ3v) is 3.30. The van der Waals surface area contributed by atoms with Gasteiger partial charge in [-0.05, 0) is 6.42 Å². The Hall–Kier alpha value is 0.412. The molecule has 1 unspecified atom stereocenters. The monoisotopic (exact) mass is 145 g/mol. The van der Waals surface area contributed by atoms with Crippen molar-refractivity contribution < 1.29 is 15.3 Å². The van der Waals surface area contributed by atoms with Gasteiger partial charge < -0.3 is 15.3 Å². The van der Waals surface area contributed by atoms with Crippen LogP contribution in [0.3, 0.4) is 0 Å². The largest absolute Gasteiger partial charge is 0.389 e. The van der Waals surface area contributed by atoms with Crippen molar-refractivity contribution in [1.29, 1.82) is 0 Å². The number of rotatable bonds is 0. The van der Waals surface area contributed by atoms with E-state index in [9.17, 15) is 0 Å². The zero-order valence-electron chi connectivity index (χ0n) is 5.12. The fraction of sp³-hybridized carbons (Fsp3) is 1.00. The van der Waals surface area contributed by atoms with Crippen LogP contribution in [-0.4, -0.2) is 41.3 Å². The number of hydrogen-bond donors (Lipinski definition) is 3. The number of aliphatic hydroxyl groups excluding tert-OH is 1. The molecule has 1 fully saturated rings. The molecule has 1 radical (unpaired) electrons. The van der Waals surface area contributed by atoms with Crippen LogP contribution in [0.2, 0.25) is 5.28 Å². The Bertz CT molecular complexity index is 104. The molecular weight excluding hydrogens is 135 g/mol. The second kappa shape index (κ2) is 2.57. The number of aliphatic hydroxyl groups is 3. The van der Waals surface area contributed by atoms with E-state index in [1.54, 1.807) is 0 Å². The van der Waals surface area contributed by atoms with Crippen LogP contribution in [0.4, 0.5) is 0 Å². The third kappa shape index (κ3) is 1.67. The fourth-order valence-corrected chi connectivity index (χ4v) is 2.28. The minimum atomic E-state index is -1.72. The van der Waals surface area contributed by atoms with Gasteiger partial charge in [0.1, 0.15) is 4.65 Å². The standard InChI is InChI=1S/C5H10O3.Al/c1-2-3-4(6)5(7)8;/h4,6-8H,1-3H2;. The van der Waals surface area contributed by atoms with E-state index < -0.39 is 26.0 Å². The molecule has 4 heteroatoms. The molecule has 9 heavy (non-hydrogen) atoms. The molecule has 0 bridgehead atoms. The lowest BCUT2D eigenvalue weighted by Gasteiger charge is -2.31. The average Bonchev–Trinajstić information content (AvgIpc) is 1.77. The Kier molecular flexibility index (Phi) is 2.15. The van der Waals surface area contributed by atoms with Gasteiger partial charge in [-0.3, -0.25) is 0 Å². The summed E-state index contributed by atoms with van der Waals surface area (Å²) in [6, 6.07) is 0. The molecule has 1 saturated heterocycles. The molecule has 1 aliphatic heterocycles. The lowest BCUT2D eigenvalue weighted by molar-refractivity contribution is -0.169. The van der Waals surface area contributed by atoms with Gasteiger partial charge in [0.25, 0.3) is 0 Å². The lowest BCUT2D eigenvalue weighted by Crippen LogP contribution is -2.50. The highest BCUT2D eigenvalue weighted by molar-refractivity contribution is 6.39. The highest BCUT2D eigenvalue weighted by Crippen LogP contribution is 2.19. The molecule has 0 aromatic heterocycles. The summed E-state index contributed by atoms with van der Waals surface area (Å²) in [7, 11) is 0. The SMILES string of the molecule is OC1CC[CH2][Al][C]1(O)O. The molecule has 0 saturated carbocycles. The molecular formula is C5H10AlO3. The average molecular weight is 145 g/mol. The van der Waals surface area contributed by atoms with Crippen molar-refractivity contribution in [3.8, 4) is 0 Å². The van der Waals surface area contributed by atoms with Gasteiger partial charge in [0, 0.05) is 0 Å². The van der Waals surface area contributed by atoms with Crippen molar-refractivity contribution in [2.75, 3.05) is 0 Å². The van der Waals surface area contributed by atoms with E-state index in [0.717, 1.165) is 11.7 Å². The van der Waals surface area contributed by atoms with Crippen molar-refractivity contribution in [3.05, 3.63) is 0 Å². The van der Waals surface area contributed by atoms with Crippen molar-refractivity contribution in [2.24, 2.45) is 0 Å². The molecule has 0 aromatic carbocycles.